The van der Waals surface area contributed by atoms with Gasteiger partial charge in [-0.15, -0.1) is 0 Å². The predicted octanol–water partition coefficient (Wildman–Crippen LogP) is 2.57. The van der Waals surface area contributed by atoms with Crippen LogP contribution in [0.4, 0.5) is 0 Å². The fraction of sp³-hybridized carbons (Fsp3) is 0.500. The van der Waals surface area contributed by atoms with E-state index in [2.05, 4.69) is 17.5 Å². The maximum Gasteiger partial charge on any atom is 0.161 e. The van der Waals surface area contributed by atoms with Gasteiger partial charge in [-0.05, 0) is 37.5 Å². The number of ether oxygens (including phenoxy) is 2. The summed E-state index contributed by atoms with van der Waals surface area (Å²) in [7, 11) is 1.66. The van der Waals surface area contributed by atoms with Gasteiger partial charge in [-0.2, -0.15) is 5.10 Å². The molecule has 0 aliphatic carbocycles. The van der Waals surface area contributed by atoms with Gasteiger partial charge in [-0.1, -0.05) is 6.92 Å². The normalized spacial score (nSPS) is 14.7. The average molecular weight is 248 g/mol. The number of hydrazone groups is 1. The van der Waals surface area contributed by atoms with Gasteiger partial charge in [-0.3, -0.25) is 0 Å². The van der Waals surface area contributed by atoms with Crippen LogP contribution in [0.3, 0.4) is 0 Å². The number of methoxy groups -OCH3 is 1. The van der Waals surface area contributed by atoms with Crippen molar-refractivity contribution in [3.63, 3.8) is 0 Å². The molecule has 0 spiro atoms. The number of hydrogen-bond donors (Lipinski definition) is 1. The molecule has 18 heavy (non-hydrogen) atoms. The van der Waals surface area contributed by atoms with Gasteiger partial charge in [0.15, 0.2) is 11.5 Å². The molecule has 0 aromatic heterocycles. The second-order valence-electron chi connectivity index (χ2n) is 4.28. The summed E-state index contributed by atoms with van der Waals surface area (Å²) in [4.78, 5) is 0. The minimum atomic E-state index is 0.699. The molecule has 0 saturated carbocycles. The van der Waals surface area contributed by atoms with E-state index in [1.165, 1.54) is 0 Å². The summed E-state index contributed by atoms with van der Waals surface area (Å²) in [6.45, 7) is 3.74. The Morgan fingerprint density at radius 1 is 1.33 bits per heavy atom. The first kappa shape index (κ1) is 12.7. The Morgan fingerprint density at radius 2 is 2.22 bits per heavy atom. The molecule has 0 amide bonds. The summed E-state index contributed by atoms with van der Waals surface area (Å²) in [5.41, 5.74) is 5.23. The quantitative estimate of drug-likeness (QED) is 0.871. The molecule has 0 atom stereocenters. The highest BCUT2D eigenvalue weighted by atomic mass is 16.5. The Kier molecular flexibility index (Phi) is 4.45. The van der Waals surface area contributed by atoms with Crippen LogP contribution in [0, 0.1) is 0 Å². The second-order valence-corrected chi connectivity index (χ2v) is 4.28. The highest BCUT2D eigenvalue weighted by Gasteiger charge is 2.11. The predicted molar refractivity (Wildman–Crippen MR) is 72.6 cm³/mol. The first-order chi connectivity index (χ1) is 8.85. The van der Waals surface area contributed by atoms with Crippen LogP contribution >= 0.6 is 0 Å². The summed E-state index contributed by atoms with van der Waals surface area (Å²) in [5.74, 6) is 1.57. The van der Waals surface area contributed by atoms with Crippen LogP contribution in [-0.2, 0) is 0 Å². The van der Waals surface area contributed by atoms with E-state index in [9.17, 15) is 0 Å². The maximum atomic E-state index is 5.71. The summed E-state index contributed by atoms with van der Waals surface area (Å²) in [5, 5.41) is 4.35. The van der Waals surface area contributed by atoms with E-state index in [1.807, 2.05) is 18.2 Å². The number of nitrogens with one attached hydrogen (secondary N) is 1. The van der Waals surface area contributed by atoms with Gasteiger partial charge in [0.25, 0.3) is 0 Å². The van der Waals surface area contributed by atoms with Crippen LogP contribution in [0.15, 0.2) is 23.3 Å². The first-order valence-corrected chi connectivity index (χ1v) is 6.45. The van der Waals surface area contributed by atoms with Gasteiger partial charge in [0, 0.05) is 12.1 Å². The Hall–Kier alpha value is -1.71. The SMILES string of the molecule is CCCOc1cc(C2=NNCCC2)ccc1OC. The minimum absolute atomic E-state index is 0.699. The van der Waals surface area contributed by atoms with E-state index in [0.717, 1.165) is 48.6 Å². The standard InChI is InChI=1S/C14H20N2O2/c1-3-9-18-14-10-11(6-7-13(14)17-2)12-5-4-8-15-16-12/h6-7,10,15H,3-5,8-9H2,1-2H3. The monoisotopic (exact) mass is 248 g/mol. The molecule has 0 fully saturated rings. The van der Waals surface area contributed by atoms with Gasteiger partial charge in [0.05, 0.1) is 19.4 Å². The molecule has 0 radical (unpaired) electrons. The zero-order valence-electron chi connectivity index (χ0n) is 11.0. The largest absolute Gasteiger partial charge is 0.493 e. The lowest BCUT2D eigenvalue weighted by Crippen LogP contribution is -2.19. The lowest BCUT2D eigenvalue weighted by atomic mass is 10.0. The van der Waals surface area contributed by atoms with Crippen LogP contribution in [-0.4, -0.2) is 26.0 Å². The molecule has 0 unspecified atom stereocenters. The third kappa shape index (κ3) is 2.94. The van der Waals surface area contributed by atoms with Crippen molar-refractivity contribution >= 4 is 5.71 Å². The summed E-state index contributed by atoms with van der Waals surface area (Å²) < 4.78 is 11.0. The fourth-order valence-electron chi connectivity index (χ4n) is 1.93. The Bertz CT molecular complexity index is 430. The van der Waals surface area contributed by atoms with Gasteiger partial charge in [0.1, 0.15) is 0 Å². The third-order valence-electron chi connectivity index (χ3n) is 2.87. The van der Waals surface area contributed by atoms with Crippen LogP contribution in [0.5, 0.6) is 11.5 Å². The van der Waals surface area contributed by atoms with Gasteiger partial charge < -0.3 is 14.9 Å². The number of hydrogen-bond acceptors (Lipinski definition) is 4. The van der Waals surface area contributed by atoms with Gasteiger partial charge in [-0.25, -0.2) is 0 Å². The molecule has 1 aromatic carbocycles. The van der Waals surface area contributed by atoms with Crippen LogP contribution < -0.4 is 14.9 Å². The zero-order valence-corrected chi connectivity index (χ0v) is 11.0. The van der Waals surface area contributed by atoms with Crippen molar-refractivity contribution < 1.29 is 9.47 Å². The molecule has 0 saturated heterocycles. The van der Waals surface area contributed by atoms with E-state index >= 15 is 0 Å². The second kappa shape index (κ2) is 6.28. The molecule has 98 valence electrons. The van der Waals surface area contributed by atoms with Gasteiger partial charge in [0.2, 0.25) is 0 Å². The number of rotatable bonds is 5. The lowest BCUT2D eigenvalue weighted by molar-refractivity contribution is 0.294. The van der Waals surface area contributed by atoms with Crippen LogP contribution in [0.25, 0.3) is 0 Å². The maximum absolute atomic E-state index is 5.71. The zero-order chi connectivity index (χ0) is 12.8. The number of nitrogens with zero attached hydrogens (tertiary/aromatic N) is 1. The molecule has 1 aliphatic rings. The highest BCUT2D eigenvalue weighted by Crippen LogP contribution is 2.29. The van der Waals surface area contributed by atoms with Gasteiger partial charge >= 0.3 is 0 Å². The van der Waals surface area contributed by atoms with Crippen LogP contribution in [0.2, 0.25) is 0 Å². The average Bonchev–Trinajstić information content (AvgIpc) is 2.45. The first-order valence-electron chi connectivity index (χ1n) is 6.45. The molecule has 0 bridgehead atoms. The lowest BCUT2D eigenvalue weighted by Gasteiger charge is -2.15. The topological polar surface area (TPSA) is 42.8 Å². The van der Waals surface area contributed by atoms with Crippen molar-refractivity contribution in [2.75, 3.05) is 20.3 Å². The van der Waals surface area contributed by atoms with Crippen LogP contribution in [0.1, 0.15) is 31.7 Å². The molecule has 1 N–H and O–H groups in total. The highest BCUT2D eigenvalue weighted by molar-refractivity contribution is 6.01. The molecule has 1 aromatic rings. The molecule has 1 aliphatic heterocycles. The smallest absolute Gasteiger partial charge is 0.161 e. The van der Waals surface area contributed by atoms with Crippen molar-refractivity contribution in [3.05, 3.63) is 23.8 Å². The number of benzene rings is 1. The summed E-state index contributed by atoms with van der Waals surface area (Å²) >= 11 is 0. The van der Waals surface area contributed by atoms with E-state index < -0.39 is 0 Å². The molecule has 1 heterocycles. The summed E-state index contributed by atoms with van der Waals surface area (Å²) in [6, 6.07) is 5.99. The van der Waals surface area contributed by atoms with Crippen molar-refractivity contribution in [1.29, 1.82) is 0 Å². The molecular weight excluding hydrogens is 228 g/mol. The fourth-order valence-corrected chi connectivity index (χ4v) is 1.93. The van der Waals surface area contributed by atoms with Crippen molar-refractivity contribution in [3.8, 4) is 11.5 Å². The Morgan fingerprint density at radius 3 is 2.89 bits per heavy atom. The van der Waals surface area contributed by atoms with E-state index in [-0.39, 0.29) is 0 Å². The molecular formula is C14H20N2O2. The van der Waals surface area contributed by atoms with Crippen molar-refractivity contribution in [1.82, 2.24) is 5.43 Å². The molecule has 4 nitrogen and oxygen atoms in total. The van der Waals surface area contributed by atoms with E-state index in [4.69, 9.17) is 9.47 Å². The Balaban J connectivity index is 2.23. The van der Waals surface area contributed by atoms with Crippen molar-refractivity contribution in [2.24, 2.45) is 5.10 Å². The molecule has 2 rings (SSSR count). The van der Waals surface area contributed by atoms with Crippen molar-refractivity contribution in [2.45, 2.75) is 26.2 Å². The third-order valence-corrected chi connectivity index (χ3v) is 2.87. The van der Waals surface area contributed by atoms with E-state index in [0.29, 0.717) is 6.61 Å². The minimum Gasteiger partial charge on any atom is -0.493 e. The summed E-state index contributed by atoms with van der Waals surface area (Å²) in [6.07, 6.45) is 3.11. The Labute approximate surface area is 108 Å². The molecule has 4 heteroatoms. The van der Waals surface area contributed by atoms with E-state index in [1.54, 1.807) is 7.11 Å².